The van der Waals surface area contributed by atoms with Crippen molar-refractivity contribution >= 4 is 34.4 Å². The maximum Gasteiger partial charge on any atom is 0.0354 e. The first-order valence-corrected chi connectivity index (χ1v) is 9.93. The molecule has 0 saturated heterocycles. The van der Waals surface area contributed by atoms with Crippen molar-refractivity contribution < 1.29 is 0 Å². The lowest BCUT2D eigenvalue weighted by Gasteiger charge is -2.11. The van der Waals surface area contributed by atoms with Gasteiger partial charge in [-0.1, -0.05) is 60.3 Å². The van der Waals surface area contributed by atoms with Crippen LogP contribution in [0.1, 0.15) is 0 Å². The minimum atomic E-state index is 1.30. The zero-order valence-electron chi connectivity index (χ0n) is 12.3. The Kier molecular flexibility index (Phi) is 4.33. The summed E-state index contributed by atoms with van der Waals surface area (Å²) in [5, 5.41) is 4.27. The monoisotopic (exact) mass is 350 g/mol. The fourth-order valence-electron chi connectivity index (χ4n) is 2.50. The van der Waals surface area contributed by atoms with Gasteiger partial charge in [0.05, 0.1) is 0 Å². The lowest BCUT2D eigenvalue weighted by atomic mass is 10.2. The molecule has 0 nitrogen and oxygen atoms in total. The summed E-state index contributed by atoms with van der Waals surface area (Å²) >= 11 is 5.43. The van der Waals surface area contributed by atoms with E-state index < -0.39 is 0 Å². The largest absolute Gasteiger partial charge is 0.144 e. The minimum absolute atomic E-state index is 1.30. The summed E-state index contributed by atoms with van der Waals surface area (Å²) in [7, 11) is 0. The van der Waals surface area contributed by atoms with Crippen LogP contribution in [0.15, 0.2) is 93.3 Å². The molecule has 112 valence electrons. The van der Waals surface area contributed by atoms with Crippen molar-refractivity contribution in [2.24, 2.45) is 0 Å². The minimum Gasteiger partial charge on any atom is -0.144 e. The van der Waals surface area contributed by atoms with Gasteiger partial charge in [-0.15, -0.1) is 22.7 Å². The molecule has 3 heteroatoms. The molecule has 4 aromatic rings. The average Bonchev–Trinajstić information content (AvgIpc) is 3.30. The van der Waals surface area contributed by atoms with Crippen LogP contribution in [0.5, 0.6) is 0 Å². The Labute approximate surface area is 148 Å². The Balaban J connectivity index is 1.76. The van der Waals surface area contributed by atoms with Crippen molar-refractivity contribution in [3.05, 3.63) is 83.6 Å². The molecule has 0 amide bonds. The second kappa shape index (κ2) is 6.75. The maximum atomic E-state index is 2.21. The van der Waals surface area contributed by atoms with Crippen molar-refractivity contribution in [1.82, 2.24) is 0 Å². The van der Waals surface area contributed by atoms with Gasteiger partial charge in [-0.05, 0) is 35.0 Å². The molecule has 0 N–H and O–H groups in total. The van der Waals surface area contributed by atoms with Crippen molar-refractivity contribution in [3.8, 4) is 20.9 Å². The van der Waals surface area contributed by atoms with Crippen molar-refractivity contribution in [2.75, 3.05) is 0 Å². The highest BCUT2D eigenvalue weighted by Crippen LogP contribution is 2.42. The van der Waals surface area contributed by atoms with Crippen LogP contribution < -0.4 is 0 Å². The predicted molar refractivity (Wildman–Crippen MR) is 104 cm³/mol. The average molecular weight is 351 g/mol. The SMILES string of the molecule is c1csc(-c2ccccc2Sc2ccccc2-c2cccs2)c1. The fraction of sp³-hybridized carbons (Fsp3) is 0. The first-order valence-electron chi connectivity index (χ1n) is 7.35. The van der Waals surface area contributed by atoms with Crippen LogP contribution in [0.2, 0.25) is 0 Å². The Morgan fingerprint density at radius 2 is 1.00 bits per heavy atom. The van der Waals surface area contributed by atoms with Gasteiger partial charge in [0.15, 0.2) is 0 Å². The van der Waals surface area contributed by atoms with Gasteiger partial charge in [-0.3, -0.25) is 0 Å². The first-order chi connectivity index (χ1) is 11.4. The summed E-state index contributed by atoms with van der Waals surface area (Å²) in [5.74, 6) is 0. The smallest absolute Gasteiger partial charge is 0.0354 e. The van der Waals surface area contributed by atoms with Crippen molar-refractivity contribution in [1.29, 1.82) is 0 Å². The van der Waals surface area contributed by atoms with Crippen molar-refractivity contribution in [2.45, 2.75) is 9.79 Å². The van der Waals surface area contributed by atoms with Crippen LogP contribution >= 0.6 is 34.4 Å². The Morgan fingerprint density at radius 3 is 1.43 bits per heavy atom. The van der Waals surface area contributed by atoms with Gasteiger partial charge >= 0.3 is 0 Å². The zero-order valence-corrected chi connectivity index (χ0v) is 14.8. The molecule has 0 aliphatic heterocycles. The number of benzene rings is 2. The van der Waals surface area contributed by atoms with Crippen LogP contribution in [0.4, 0.5) is 0 Å². The molecule has 0 unspecified atom stereocenters. The second-order valence-corrected chi connectivity index (χ2v) is 8.03. The molecule has 4 rings (SSSR count). The predicted octanol–water partition coefficient (Wildman–Crippen LogP) is 7.29. The van der Waals surface area contributed by atoms with Crippen LogP contribution in [0.3, 0.4) is 0 Å². The van der Waals surface area contributed by atoms with E-state index in [1.807, 2.05) is 11.8 Å². The molecule has 2 heterocycles. The number of hydrogen-bond acceptors (Lipinski definition) is 3. The normalized spacial score (nSPS) is 10.8. The number of rotatable bonds is 4. The molecule has 0 atom stereocenters. The molecule has 0 aliphatic rings. The highest BCUT2D eigenvalue weighted by Gasteiger charge is 2.11. The van der Waals surface area contributed by atoms with E-state index in [9.17, 15) is 0 Å². The molecule has 0 spiro atoms. The molecule has 2 aromatic heterocycles. The van der Waals surface area contributed by atoms with Crippen LogP contribution in [-0.2, 0) is 0 Å². The third-order valence-corrected chi connectivity index (χ3v) is 6.53. The molecule has 2 aromatic carbocycles. The topological polar surface area (TPSA) is 0 Å². The molecular formula is C20H14S3. The molecule has 0 radical (unpaired) electrons. The summed E-state index contributed by atoms with van der Waals surface area (Å²) in [4.78, 5) is 5.25. The van der Waals surface area contributed by atoms with E-state index in [1.54, 1.807) is 22.7 Å². The van der Waals surface area contributed by atoms with Gasteiger partial charge < -0.3 is 0 Å². The van der Waals surface area contributed by atoms with Gasteiger partial charge in [-0.25, -0.2) is 0 Å². The van der Waals surface area contributed by atoms with E-state index in [1.165, 1.54) is 30.7 Å². The molecule has 0 bridgehead atoms. The van der Waals surface area contributed by atoms with E-state index in [-0.39, 0.29) is 0 Å². The summed E-state index contributed by atoms with van der Waals surface area (Å²) in [6, 6.07) is 25.9. The number of thiophene rings is 2. The zero-order chi connectivity index (χ0) is 15.5. The highest BCUT2D eigenvalue weighted by atomic mass is 32.2. The second-order valence-electron chi connectivity index (χ2n) is 5.05. The Hall–Kier alpha value is -1.81. The molecular weight excluding hydrogens is 336 g/mol. The van der Waals surface area contributed by atoms with Gasteiger partial charge in [0.2, 0.25) is 0 Å². The van der Waals surface area contributed by atoms with E-state index >= 15 is 0 Å². The number of hydrogen-bond donors (Lipinski definition) is 0. The van der Waals surface area contributed by atoms with E-state index in [4.69, 9.17) is 0 Å². The summed E-state index contributed by atoms with van der Waals surface area (Å²) in [6.07, 6.45) is 0. The van der Waals surface area contributed by atoms with Gasteiger partial charge in [0.25, 0.3) is 0 Å². The van der Waals surface area contributed by atoms with E-state index in [0.29, 0.717) is 0 Å². The summed E-state index contributed by atoms with van der Waals surface area (Å²) in [6.45, 7) is 0. The van der Waals surface area contributed by atoms with Gasteiger partial charge in [-0.2, -0.15) is 0 Å². The standard InChI is InChI=1S/C20H14S3/c1-3-9-19(15(7-1)17-11-5-13-21-17)23-20-10-4-2-8-16(20)18-12-6-14-22-18/h1-14H. The molecule has 0 aliphatic carbocycles. The lowest BCUT2D eigenvalue weighted by molar-refractivity contribution is 1.41. The van der Waals surface area contributed by atoms with Crippen LogP contribution in [0, 0.1) is 0 Å². The van der Waals surface area contributed by atoms with E-state index in [0.717, 1.165) is 0 Å². The third kappa shape index (κ3) is 3.13. The Morgan fingerprint density at radius 1 is 0.522 bits per heavy atom. The highest BCUT2D eigenvalue weighted by molar-refractivity contribution is 7.99. The quantitative estimate of drug-likeness (QED) is 0.372. The van der Waals surface area contributed by atoms with Crippen LogP contribution in [0.25, 0.3) is 20.9 Å². The van der Waals surface area contributed by atoms with Crippen LogP contribution in [-0.4, -0.2) is 0 Å². The first kappa shape index (κ1) is 14.8. The Bertz CT molecular complexity index is 815. The van der Waals surface area contributed by atoms with Gasteiger partial charge in [0, 0.05) is 30.7 Å². The lowest BCUT2D eigenvalue weighted by Crippen LogP contribution is -1.82. The maximum absolute atomic E-state index is 2.21. The van der Waals surface area contributed by atoms with Gasteiger partial charge in [0.1, 0.15) is 0 Å². The third-order valence-electron chi connectivity index (χ3n) is 3.57. The summed E-state index contributed by atoms with van der Waals surface area (Å²) < 4.78 is 0. The van der Waals surface area contributed by atoms with Crippen molar-refractivity contribution in [3.63, 3.8) is 0 Å². The fourth-order valence-corrected chi connectivity index (χ4v) is 5.27. The van der Waals surface area contributed by atoms with E-state index in [2.05, 4.69) is 83.6 Å². The molecule has 23 heavy (non-hydrogen) atoms. The summed E-state index contributed by atoms with van der Waals surface area (Å²) in [5.41, 5.74) is 2.63. The molecule has 0 fully saturated rings. The molecule has 0 saturated carbocycles.